The first-order valence-corrected chi connectivity index (χ1v) is 6.48. The molecule has 1 saturated carbocycles. The summed E-state index contributed by atoms with van der Waals surface area (Å²) in [5.74, 6) is 0.359. The Morgan fingerprint density at radius 3 is 2.86 bits per heavy atom. The van der Waals surface area contributed by atoms with Gasteiger partial charge in [-0.15, -0.1) is 0 Å². The van der Waals surface area contributed by atoms with Crippen molar-refractivity contribution in [2.24, 2.45) is 11.7 Å². The molecule has 0 aliphatic heterocycles. The van der Waals surface area contributed by atoms with Crippen molar-refractivity contribution < 1.29 is 4.79 Å². The van der Waals surface area contributed by atoms with Crippen molar-refractivity contribution in [3.63, 3.8) is 0 Å². The Kier molecular flexibility index (Phi) is 4.75. The van der Waals surface area contributed by atoms with E-state index in [9.17, 15) is 4.79 Å². The SMILES string of the molecule is CSC(C)CNC(=O)C1CCC(N)C1. The minimum absolute atomic E-state index is 0.166. The molecule has 1 aliphatic carbocycles. The lowest BCUT2D eigenvalue weighted by Gasteiger charge is -2.13. The maximum Gasteiger partial charge on any atom is 0.223 e. The highest BCUT2D eigenvalue weighted by Gasteiger charge is 2.27. The molecule has 1 fully saturated rings. The third-order valence-corrected chi connectivity index (χ3v) is 3.78. The molecule has 0 radical (unpaired) electrons. The summed E-state index contributed by atoms with van der Waals surface area (Å²) < 4.78 is 0. The molecule has 1 amide bonds. The van der Waals surface area contributed by atoms with Crippen LogP contribution in [0.3, 0.4) is 0 Å². The number of nitrogens with one attached hydrogen (secondary N) is 1. The molecule has 82 valence electrons. The number of hydrogen-bond donors (Lipinski definition) is 2. The molecule has 0 spiro atoms. The lowest BCUT2D eigenvalue weighted by Crippen LogP contribution is -2.34. The quantitative estimate of drug-likeness (QED) is 0.736. The van der Waals surface area contributed by atoms with E-state index >= 15 is 0 Å². The Hall–Kier alpha value is -0.220. The van der Waals surface area contributed by atoms with Crippen LogP contribution in [0.4, 0.5) is 0 Å². The van der Waals surface area contributed by atoms with Gasteiger partial charge in [-0.05, 0) is 25.5 Å². The van der Waals surface area contributed by atoms with E-state index < -0.39 is 0 Å². The maximum atomic E-state index is 11.6. The average molecular weight is 216 g/mol. The van der Waals surface area contributed by atoms with Crippen molar-refractivity contribution in [2.45, 2.75) is 37.5 Å². The molecule has 14 heavy (non-hydrogen) atoms. The van der Waals surface area contributed by atoms with E-state index in [1.807, 2.05) is 0 Å². The van der Waals surface area contributed by atoms with Crippen molar-refractivity contribution in [1.29, 1.82) is 0 Å². The highest BCUT2D eigenvalue weighted by molar-refractivity contribution is 7.99. The van der Waals surface area contributed by atoms with Crippen LogP contribution in [0, 0.1) is 5.92 Å². The van der Waals surface area contributed by atoms with E-state index in [1.165, 1.54) is 0 Å². The summed E-state index contributed by atoms with van der Waals surface area (Å²) in [6.07, 6.45) is 4.87. The van der Waals surface area contributed by atoms with E-state index in [1.54, 1.807) is 11.8 Å². The normalized spacial score (nSPS) is 28.8. The van der Waals surface area contributed by atoms with Crippen LogP contribution in [0.1, 0.15) is 26.2 Å². The van der Waals surface area contributed by atoms with E-state index in [4.69, 9.17) is 5.73 Å². The first-order chi connectivity index (χ1) is 6.63. The van der Waals surface area contributed by atoms with Crippen molar-refractivity contribution in [2.75, 3.05) is 12.8 Å². The van der Waals surface area contributed by atoms with Gasteiger partial charge in [0.2, 0.25) is 5.91 Å². The topological polar surface area (TPSA) is 55.1 Å². The molecule has 3 nitrogen and oxygen atoms in total. The lowest BCUT2D eigenvalue weighted by atomic mass is 10.1. The molecule has 3 atom stereocenters. The molecule has 0 heterocycles. The predicted octanol–water partition coefficient (Wildman–Crippen LogP) is 0.982. The molecule has 0 saturated heterocycles. The Labute approximate surface area is 90.2 Å². The van der Waals surface area contributed by atoms with E-state index in [0.717, 1.165) is 25.8 Å². The van der Waals surface area contributed by atoms with Crippen LogP contribution in [-0.2, 0) is 4.79 Å². The molecule has 3 N–H and O–H groups in total. The number of thioether (sulfide) groups is 1. The van der Waals surface area contributed by atoms with Crippen molar-refractivity contribution in [3.8, 4) is 0 Å². The van der Waals surface area contributed by atoms with E-state index in [2.05, 4.69) is 18.5 Å². The molecule has 1 rings (SSSR count). The molecule has 4 heteroatoms. The monoisotopic (exact) mass is 216 g/mol. The zero-order valence-electron chi connectivity index (χ0n) is 8.95. The Bertz CT molecular complexity index is 199. The van der Waals surface area contributed by atoms with Crippen LogP contribution >= 0.6 is 11.8 Å². The Morgan fingerprint density at radius 2 is 2.36 bits per heavy atom. The number of carbonyl (C=O) groups excluding carboxylic acids is 1. The first-order valence-electron chi connectivity index (χ1n) is 5.19. The highest BCUT2D eigenvalue weighted by atomic mass is 32.2. The summed E-state index contributed by atoms with van der Waals surface area (Å²) in [7, 11) is 0. The van der Waals surface area contributed by atoms with E-state index in [0.29, 0.717) is 5.25 Å². The zero-order chi connectivity index (χ0) is 10.6. The Balaban J connectivity index is 2.22. The standard InChI is InChI=1S/C10H20N2OS/c1-7(14-2)6-12-10(13)8-3-4-9(11)5-8/h7-9H,3-6,11H2,1-2H3,(H,12,13). The summed E-state index contributed by atoms with van der Waals surface area (Å²) >= 11 is 1.77. The van der Waals surface area contributed by atoms with Crippen LogP contribution in [0.2, 0.25) is 0 Å². The molecule has 3 unspecified atom stereocenters. The van der Waals surface area contributed by atoms with E-state index in [-0.39, 0.29) is 17.9 Å². The summed E-state index contributed by atoms with van der Waals surface area (Å²) in [5.41, 5.74) is 5.76. The highest BCUT2D eigenvalue weighted by Crippen LogP contribution is 2.24. The lowest BCUT2D eigenvalue weighted by molar-refractivity contribution is -0.124. The fourth-order valence-corrected chi connectivity index (χ4v) is 1.98. The van der Waals surface area contributed by atoms with Gasteiger partial charge in [0.25, 0.3) is 0 Å². The van der Waals surface area contributed by atoms with Gasteiger partial charge < -0.3 is 11.1 Å². The van der Waals surface area contributed by atoms with Gasteiger partial charge in [0.15, 0.2) is 0 Å². The fraction of sp³-hybridized carbons (Fsp3) is 0.900. The molecule has 0 aromatic rings. The molecule has 0 aromatic carbocycles. The Morgan fingerprint density at radius 1 is 1.64 bits per heavy atom. The largest absolute Gasteiger partial charge is 0.355 e. The second kappa shape index (κ2) is 5.61. The third-order valence-electron chi connectivity index (χ3n) is 2.81. The predicted molar refractivity (Wildman–Crippen MR) is 61.3 cm³/mol. The maximum absolute atomic E-state index is 11.6. The van der Waals surface area contributed by atoms with Gasteiger partial charge in [-0.2, -0.15) is 11.8 Å². The first kappa shape index (κ1) is 11.9. The molecular formula is C10H20N2OS. The molecule has 1 aliphatic rings. The smallest absolute Gasteiger partial charge is 0.223 e. The van der Waals surface area contributed by atoms with Gasteiger partial charge in [0, 0.05) is 23.8 Å². The number of amides is 1. The number of hydrogen-bond acceptors (Lipinski definition) is 3. The number of rotatable bonds is 4. The molecule has 0 aromatic heterocycles. The second-order valence-electron chi connectivity index (χ2n) is 4.06. The summed E-state index contributed by atoms with van der Waals surface area (Å²) in [6, 6.07) is 0.240. The summed E-state index contributed by atoms with van der Waals surface area (Å²) in [5, 5.41) is 3.47. The van der Waals surface area contributed by atoms with Gasteiger partial charge in [0.05, 0.1) is 0 Å². The van der Waals surface area contributed by atoms with Crippen LogP contribution in [0.25, 0.3) is 0 Å². The summed E-state index contributed by atoms with van der Waals surface area (Å²) in [6.45, 7) is 2.89. The van der Waals surface area contributed by atoms with Gasteiger partial charge in [0.1, 0.15) is 0 Å². The molecular weight excluding hydrogens is 196 g/mol. The number of nitrogens with two attached hydrogens (primary N) is 1. The van der Waals surface area contributed by atoms with Gasteiger partial charge in [-0.25, -0.2) is 0 Å². The minimum Gasteiger partial charge on any atom is -0.355 e. The van der Waals surface area contributed by atoms with Crippen molar-refractivity contribution in [1.82, 2.24) is 5.32 Å². The van der Waals surface area contributed by atoms with Crippen LogP contribution in [0.5, 0.6) is 0 Å². The minimum atomic E-state index is 0.166. The van der Waals surface area contributed by atoms with Gasteiger partial charge in [-0.1, -0.05) is 6.92 Å². The summed E-state index contributed by atoms with van der Waals surface area (Å²) in [4.78, 5) is 11.6. The molecule has 0 bridgehead atoms. The fourth-order valence-electron chi connectivity index (χ4n) is 1.73. The van der Waals surface area contributed by atoms with Gasteiger partial charge in [-0.3, -0.25) is 4.79 Å². The second-order valence-corrected chi connectivity index (χ2v) is 5.34. The third kappa shape index (κ3) is 3.50. The number of carbonyl (C=O) groups is 1. The van der Waals surface area contributed by atoms with Crippen LogP contribution in [0.15, 0.2) is 0 Å². The van der Waals surface area contributed by atoms with Crippen molar-refractivity contribution >= 4 is 17.7 Å². The zero-order valence-corrected chi connectivity index (χ0v) is 9.77. The van der Waals surface area contributed by atoms with Crippen LogP contribution in [-0.4, -0.2) is 30.0 Å². The van der Waals surface area contributed by atoms with Gasteiger partial charge >= 0.3 is 0 Å². The van der Waals surface area contributed by atoms with Crippen molar-refractivity contribution in [3.05, 3.63) is 0 Å². The van der Waals surface area contributed by atoms with Crippen LogP contribution < -0.4 is 11.1 Å². The average Bonchev–Trinajstić information content (AvgIpc) is 2.60.